The van der Waals surface area contributed by atoms with E-state index in [1.165, 1.54) is 15.6 Å². The molecule has 0 atom stereocenters. The number of thiophene rings is 1. The van der Waals surface area contributed by atoms with Crippen molar-refractivity contribution in [3.63, 3.8) is 0 Å². The zero-order valence-corrected chi connectivity index (χ0v) is 15.5. The van der Waals surface area contributed by atoms with Gasteiger partial charge in [0, 0.05) is 32.8 Å². The highest BCUT2D eigenvalue weighted by molar-refractivity contribution is 9.11. The number of amides is 1. The van der Waals surface area contributed by atoms with Crippen molar-refractivity contribution in [3.8, 4) is 0 Å². The molecule has 1 aliphatic rings. The second-order valence-electron chi connectivity index (χ2n) is 4.79. The number of nitrogens with zero attached hydrogens (tertiary/aromatic N) is 2. The second kappa shape index (κ2) is 7.87. The summed E-state index contributed by atoms with van der Waals surface area (Å²) in [6, 6.07) is 3.33. The first-order valence-corrected chi connectivity index (χ1v) is 10.1. The highest BCUT2D eigenvalue weighted by Crippen LogP contribution is 2.28. The van der Waals surface area contributed by atoms with Gasteiger partial charge >= 0.3 is 0 Å². The van der Waals surface area contributed by atoms with Crippen molar-refractivity contribution in [3.05, 3.63) is 15.9 Å². The molecule has 1 aromatic rings. The Balaban J connectivity index is 1.90. The largest absolute Gasteiger partial charge is 0.381 e. The number of hydrogen-bond donors (Lipinski definition) is 0. The van der Waals surface area contributed by atoms with E-state index in [0.717, 1.165) is 3.79 Å². The van der Waals surface area contributed by atoms with Gasteiger partial charge in [0.1, 0.15) is 4.21 Å². The van der Waals surface area contributed by atoms with Crippen LogP contribution >= 0.6 is 27.3 Å². The Labute approximate surface area is 143 Å². The Hall–Kier alpha value is -0.480. The van der Waals surface area contributed by atoms with Crippen LogP contribution in [0, 0.1) is 0 Å². The Kier molecular flexibility index (Phi) is 6.39. The van der Waals surface area contributed by atoms with Gasteiger partial charge in [-0.25, -0.2) is 8.42 Å². The Bertz CT molecular complexity index is 609. The van der Waals surface area contributed by atoms with Crippen LogP contribution in [0.1, 0.15) is 13.3 Å². The van der Waals surface area contributed by atoms with Crippen LogP contribution in [0.5, 0.6) is 0 Å². The van der Waals surface area contributed by atoms with Gasteiger partial charge in [0.05, 0.1) is 16.8 Å². The fourth-order valence-electron chi connectivity index (χ4n) is 2.20. The van der Waals surface area contributed by atoms with Gasteiger partial charge in [-0.1, -0.05) is 0 Å². The van der Waals surface area contributed by atoms with Crippen LogP contribution < -0.4 is 0 Å². The maximum atomic E-state index is 12.5. The number of rotatable bonds is 6. The summed E-state index contributed by atoms with van der Waals surface area (Å²) in [6.07, 6.45) is 0.346. The monoisotopic (exact) mass is 410 g/mol. The highest BCUT2D eigenvalue weighted by atomic mass is 79.9. The van der Waals surface area contributed by atoms with Gasteiger partial charge in [0.25, 0.3) is 10.0 Å². The molecular weight excluding hydrogens is 392 g/mol. The first-order valence-electron chi connectivity index (χ1n) is 7.06. The maximum absolute atomic E-state index is 12.5. The van der Waals surface area contributed by atoms with Gasteiger partial charge in [0.2, 0.25) is 5.91 Å². The number of ether oxygens (including phenoxy) is 1. The molecule has 0 unspecified atom stereocenters. The van der Waals surface area contributed by atoms with E-state index in [1.54, 1.807) is 17.0 Å². The Morgan fingerprint density at radius 3 is 2.55 bits per heavy atom. The van der Waals surface area contributed by atoms with E-state index in [-0.39, 0.29) is 5.91 Å². The molecule has 1 aromatic heterocycles. The lowest BCUT2D eigenvalue weighted by Gasteiger charge is -2.33. The van der Waals surface area contributed by atoms with E-state index in [1.807, 2.05) is 6.92 Å². The van der Waals surface area contributed by atoms with Gasteiger partial charge in [-0.3, -0.25) is 4.79 Å². The number of halogens is 1. The van der Waals surface area contributed by atoms with E-state index in [2.05, 4.69) is 15.9 Å². The van der Waals surface area contributed by atoms with Crippen LogP contribution in [0.2, 0.25) is 0 Å². The summed E-state index contributed by atoms with van der Waals surface area (Å²) in [7, 11) is -3.45. The van der Waals surface area contributed by atoms with Crippen LogP contribution in [-0.2, 0) is 19.6 Å². The van der Waals surface area contributed by atoms with E-state index in [4.69, 9.17) is 4.74 Å². The lowest BCUT2D eigenvalue weighted by Crippen LogP contribution is -2.50. The molecule has 0 saturated carbocycles. The smallest absolute Gasteiger partial charge is 0.252 e. The van der Waals surface area contributed by atoms with Gasteiger partial charge in [-0.05, 0) is 35.0 Å². The molecule has 22 heavy (non-hydrogen) atoms. The standard InChI is InChI=1S/C13H19BrN2O4S2/c1-2-20-10-5-12(17)15-6-8-16(9-7-15)22(18,19)13-4-3-11(14)21-13/h3-4H,2,5-10H2,1H3. The highest BCUT2D eigenvalue weighted by Gasteiger charge is 2.30. The third-order valence-corrected chi connectivity index (χ3v) is 7.39. The summed E-state index contributed by atoms with van der Waals surface area (Å²) in [5.74, 6) is 0.0179. The Morgan fingerprint density at radius 1 is 1.32 bits per heavy atom. The maximum Gasteiger partial charge on any atom is 0.252 e. The summed E-state index contributed by atoms with van der Waals surface area (Å²) < 4.78 is 32.7. The fourth-order valence-corrected chi connectivity index (χ4v) is 5.79. The fraction of sp³-hybridized carbons (Fsp3) is 0.615. The summed E-state index contributed by atoms with van der Waals surface area (Å²) in [5, 5.41) is 0. The lowest BCUT2D eigenvalue weighted by atomic mass is 10.3. The minimum atomic E-state index is -3.45. The molecule has 2 heterocycles. The third kappa shape index (κ3) is 4.29. The van der Waals surface area contributed by atoms with E-state index in [9.17, 15) is 13.2 Å². The number of carbonyl (C=O) groups is 1. The number of carbonyl (C=O) groups excluding carboxylic acids is 1. The number of piperazine rings is 1. The predicted molar refractivity (Wildman–Crippen MR) is 88.5 cm³/mol. The quantitative estimate of drug-likeness (QED) is 0.670. The molecule has 1 fully saturated rings. The van der Waals surface area contributed by atoms with Crippen LogP contribution in [-0.4, -0.2) is 62.9 Å². The molecule has 1 saturated heterocycles. The number of sulfonamides is 1. The zero-order chi connectivity index (χ0) is 16.2. The van der Waals surface area contributed by atoms with Crippen molar-refractivity contribution in [1.29, 1.82) is 0 Å². The Morgan fingerprint density at radius 2 is 2.00 bits per heavy atom. The van der Waals surface area contributed by atoms with Crippen molar-refractivity contribution >= 4 is 43.2 Å². The normalized spacial score (nSPS) is 16.9. The number of hydrogen-bond acceptors (Lipinski definition) is 5. The minimum absolute atomic E-state index is 0.0179. The van der Waals surface area contributed by atoms with Crippen molar-refractivity contribution < 1.29 is 17.9 Å². The molecule has 0 spiro atoms. The van der Waals surface area contributed by atoms with Crippen molar-refractivity contribution in [2.75, 3.05) is 39.4 Å². The third-order valence-electron chi connectivity index (χ3n) is 3.40. The molecule has 2 rings (SSSR count). The molecule has 0 bridgehead atoms. The summed E-state index contributed by atoms with van der Waals surface area (Å²) in [4.78, 5) is 13.7. The van der Waals surface area contributed by atoms with Gasteiger partial charge in [-0.15, -0.1) is 11.3 Å². The van der Waals surface area contributed by atoms with E-state index in [0.29, 0.717) is 50.0 Å². The molecule has 0 aromatic carbocycles. The molecule has 124 valence electrons. The van der Waals surface area contributed by atoms with Crippen LogP contribution in [0.3, 0.4) is 0 Å². The van der Waals surface area contributed by atoms with Crippen LogP contribution in [0.25, 0.3) is 0 Å². The van der Waals surface area contributed by atoms with Crippen molar-refractivity contribution in [2.24, 2.45) is 0 Å². The topological polar surface area (TPSA) is 66.9 Å². The van der Waals surface area contributed by atoms with Crippen LogP contribution in [0.4, 0.5) is 0 Å². The molecule has 0 N–H and O–H groups in total. The summed E-state index contributed by atoms with van der Waals surface area (Å²) >= 11 is 4.48. The molecule has 9 heteroatoms. The molecule has 0 radical (unpaired) electrons. The summed E-state index contributed by atoms with van der Waals surface area (Å²) in [5.41, 5.74) is 0. The molecule has 1 amide bonds. The molecule has 0 aliphatic carbocycles. The first-order chi connectivity index (χ1) is 10.4. The lowest BCUT2D eigenvalue weighted by molar-refractivity contribution is -0.133. The van der Waals surface area contributed by atoms with Crippen molar-refractivity contribution in [2.45, 2.75) is 17.6 Å². The van der Waals surface area contributed by atoms with E-state index >= 15 is 0 Å². The van der Waals surface area contributed by atoms with Gasteiger partial charge < -0.3 is 9.64 Å². The first kappa shape index (κ1) is 17.9. The van der Waals surface area contributed by atoms with Crippen molar-refractivity contribution in [1.82, 2.24) is 9.21 Å². The predicted octanol–water partition coefficient (Wildman–Crippen LogP) is 1.77. The van der Waals surface area contributed by atoms with Crippen LogP contribution in [0.15, 0.2) is 20.1 Å². The average molecular weight is 411 g/mol. The minimum Gasteiger partial charge on any atom is -0.381 e. The molecular formula is C13H19BrN2O4S2. The van der Waals surface area contributed by atoms with E-state index < -0.39 is 10.0 Å². The second-order valence-corrected chi connectivity index (χ2v) is 9.42. The van der Waals surface area contributed by atoms with Gasteiger partial charge in [0.15, 0.2) is 0 Å². The average Bonchev–Trinajstić information content (AvgIpc) is 2.95. The SMILES string of the molecule is CCOCCC(=O)N1CCN(S(=O)(=O)c2ccc(Br)s2)CC1. The van der Waals surface area contributed by atoms with Gasteiger partial charge in [-0.2, -0.15) is 4.31 Å². The molecule has 6 nitrogen and oxygen atoms in total. The zero-order valence-electron chi connectivity index (χ0n) is 12.3. The summed E-state index contributed by atoms with van der Waals surface area (Å²) in [6.45, 7) is 4.41. The molecule has 1 aliphatic heterocycles.